The lowest BCUT2D eigenvalue weighted by Gasteiger charge is -2.32. The first-order chi connectivity index (χ1) is 8.15. The van der Waals surface area contributed by atoms with Crippen LogP contribution in [0.3, 0.4) is 0 Å². The molecule has 0 radical (unpaired) electrons. The molecule has 1 aromatic rings. The molecular formula is C14H20ClNO. The minimum Gasteiger partial charge on any atom is -0.368 e. The normalized spacial score (nSPS) is 25.2. The van der Waals surface area contributed by atoms with E-state index in [1.807, 2.05) is 18.2 Å². The largest absolute Gasteiger partial charge is 0.368 e. The molecule has 2 atom stereocenters. The van der Waals surface area contributed by atoms with Crippen LogP contribution < -0.4 is 5.32 Å². The van der Waals surface area contributed by atoms with E-state index in [0.717, 1.165) is 24.5 Å². The molecule has 0 saturated carbocycles. The number of ether oxygens (including phenoxy) is 1. The smallest absolute Gasteiger partial charge is 0.0954 e. The van der Waals surface area contributed by atoms with Gasteiger partial charge in [-0.3, -0.25) is 0 Å². The van der Waals surface area contributed by atoms with E-state index in [-0.39, 0.29) is 6.10 Å². The summed E-state index contributed by atoms with van der Waals surface area (Å²) in [6.45, 7) is 6.28. The van der Waals surface area contributed by atoms with Crippen LogP contribution in [0.25, 0.3) is 0 Å². The first kappa shape index (κ1) is 12.9. The molecule has 1 saturated heterocycles. The van der Waals surface area contributed by atoms with E-state index in [1.165, 1.54) is 5.56 Å². The molecule has 2 unspecified atom stereocenters. The predicted octanol–water partition coefficient (Wildman–Crippen LogP) is 3.42. The monoisotopic (exact) mass is 253 g/mol. The van der Waals surface area contributed by atoms with Crippen molar-refractivity contribution in [1.29, 1.82) is 0 Å². The summed E-state index contributed by atoms with van der Waals surface area (Å²) in [5.41, 5.74) is 1.17. The fraction of sp³-hybridized carbons (Fsp3) is 0.571. The molecule has 3 heteroatoms. The van der Waals surface area contributed by atoms with Crippen LogP contribution in [0, 0.1) is 5.92 Å². The van der Waals surface area contributed by atoms with E-state index in [0.29, 0.717) is 12.0 Å². The van der Waals surface area contributed by atoms with E-state index in [2.05, 4.69) is 25.2 Å². The van der Waals surface area contributed by atoms with Crippen molar-refractivity contribution in [2.45, 2.75) is 32.5 Å². The van der Waals surface area contributed by atoms with Crippen molar-refractivity contribution in [3.8, 4) is 0 Å². The van der Waals surface area contributed by atoms with E-state index in [9.17, 15) is 0 Å². The van der Waals surface area contributed by atoms with Crippen molar-refractivity contribution in [3.05, 3.63) is 34.9 Å². The highest BCUT2D eigenvalue weighted by Gasteiger charge is 2.23. The molecule has 1 heterocycles. The molecule has 0 amide bonds. The summed E-state index contributed by atoms with van der Waals surface area (Å²) in [7, 11) is 0. The summed E-state index contributed by atoms with van der Waals surface area (Å²) >= 11 is 6.01. The second-order valence-electron chi connectivity index (χ2n) is 5.09. The lowest BCUT2D eigenvalue weighted by Crippen LogP contribution is -2.41. The van der Waals surface area contributed by atoms with Crippen LogP contribution in [0.15, 0.2) is 24.3 Å². The predicted molar refractivity (Wildman–Crippen MR) is 71.4 cm³/mol. The minimum absolute atomic E-state index is 0.131. The molecule has 1 aliphatic rings. The summed E-state index contributed by atoms with van der Waals surface area (Å²) in [5.74, 6) is 0.667. The summed E-state index contributed by atoms with van der Waals surface area (Å²) < 4.78 is 6.12. The zero-order valence-corrected chi connectivity index (χ0v) is 11.2. The maximum Gasteiger partial charge on any atom is 0.0954 e. The molecule has 0 bridgehead atoms. The Balaban J connectivity index is 2.02. The second kappa shape index (κ2) is 5.85. The van der Waals surface area contributed by atoms with E-state index >= 15 is 0 Å². The highest BCUT2D eigenvalue weighted by Crippen LogP contribution is 2.25. The van der Waals surface area contributed by atoms with Crippen LogP contribution in [0.1, 0.15) is 31.9 Å². The van der Waals surface area contributed by atoms with Crippen molar-refractivity contribution in [2.24, 2.45) is 5.92 Å². The van der Waals surface area contributed by atoms with Gasteiger partial charge >= 0.3 is 0 Å². The molecule has 1 aromatic carbocycles. The Bertz CT molecular complexity index is 367. The number of hydrogen-bond donors (Lipinski definition) is 1. The van der Waals surface area contributed by atoms with Gasteiger partial charge in [-0.15, -0.1) is 0 Å². The molecule has 0 aliphatic carbocycles. The molecule has 2 rings (SSSR count). The molecule has 1 fully saturated rings. The second-order valence-corrected chi connectivity index (χ2v) is 5.53. The Labute approximate surface area is 108 Å². The Morgan fingerprint density at radius 3 is 2.94 bits per heavy atom. The Morgan fingerprint density at radius 2 is 2.24 bits per heavy atom. The summed E-state index contributed by atoms with van der Waals surface area (Å²) in [6.07, 6.45) is 1.54. The number of morpholine rings is 1. The number of benzene rings is 1. The third-order valence-electron chi connectivity index (χ3n) is 3.01. The van der Waals surface area contributed by atoms with Crippen LogP contribution in [-0.2, 0) is 4.74 Å². The van der Waals surface area contributed by atoms with Crippen LogP contribution in [0.2, 0.25) is 5.02 Å². The molecule has 0 spiro atoms. The number of halogens is 1. The van der Waals surface area contributed by atoms with Gasteiger partial charge in [0, 0.05) is 18.1 Å². The fourth-order valence-electron chi connectivity index (χ4n) is 2.27. The zero-order chi connectivity index (χ0) is 12.3. The molecule has 2 nitrogen and oxygen atoms in total. The van der Waals surface area contributed by atoms with Crippen molar-refractivity contribution in [3.63, 3.8) is 0 Å². The maximum absolute atomic E-state index is 6.12. The van der Waals surface area contributed by atoms with Gasteiger partial charge in [0.05, 0.1) is 12.2 Å². The van der Waals surface area contributed by atoms with E-state index in [4.69, 9.17) is 16.3 Å². The Hall–Kier alpha value is -0.570. The van der Waals surface area contributed by atoms with Gasteiger partial charge in [0.2, 0.25) is 0 Å². The van der Waals surface area contributed by atoms with Crippen LogP contribution in [-0.4, -0.2) is 19.2 Å². The summed E-state index contributed by atoms with van der Waals surface area (Å²) in [5, 5.41) is 4.22. The van der Waals surface area contributed by atoms with Crippen LogP contribution >= 0.6 is 11.6 Å². The number of nitrogens with one attached hydrogen (secondary N) is 1. The van der Waals surface area contributed by atoms with Crippen LogP contribution in [0.4, 0.5) is 0 Å². The zero-order valence-electron chi connectivity index (χ0n) is 10.4. The summed E-state index contributed by atoms with van der Waals surface area (Å²) in [4.78, 5) is 0. The lowest BCUT2D eigenvalue weighted by molar-refractivity contribution is -0.0473. The van der Waals surface area contributed by atoms with Gasteiger partial charge in [0.15, 0.2) is 0 Å². The van der Waals surface area contributed by atoms with Gasteiger partial charge in [0.25, 0.3) is 0 Å². The first-order valence-electron chi connectivity index (χ1n) is 6.27. The fourth-order valence-corrected chi connectivity index (χ4v) is 2.47. The maximum atomic E-state index is 6.12. The van der Waals surface area contributed by atoms with E-state index in [1.54, 1.807) is 0 Å². The van der Waals surface area contributed by atoms with Gasteiger partial charge < -0.3 is 10.1 Å². The van der Waals surface area contributed by atoms with Gasteiger partial charge in [-0.25, -0.2) is 0 Å². The molecular weight excluding hydrogens is 234 g/mol. The van der Waals surface area contributed by atoms with Crippen molar-refractivity contribution in [2.75, 3.05) is 13.1 Å². The van der Waals surface area contributed by atoms with Crippen molar-refractivity contribution < 1.29 is 4.74 Å². The molecule has 1 aliphatic heterocycles. The first-order valence-corrected chi connectivity index (χ1v) is 6.64. The number of hydrogen-bond acceptors (Lipinski definition) is 2. The number of rotatable bonds is 3. The topological polar surface area (TPSA) is 21.3 Å². The SMILES string of the molecule is CC(C)CC1CNCC(c2cccc(Cl)c2)O1. The lowest BCUT2D eigenvalue weighted by atomic mass is 10.0. The van der Waals surface area contributed by atoms with Gasteiger partial charge in [-0.05, 0) is 30.0 Å². The van der Waals surface area contributed by atoms with Crippen LogP contribution in [0.5, 0.6) is 0 Å². The van der Waals surface area contributed by atoms with Crippen molar-refractivity contribution >= 4 is 11.6 Å². The molecule has 17 heavy (non-hydrogen) atoms. The van der Waals surface area contributed by atoms with Crippen molar-refractivity contribution in [1.82, 2.24) is 5.32 Å². The molecule has 94 valence electrons. The highest BCUT2D eigenvalue weighted by atomic mass is 35.5. The summed E-state index contributed by atoms with van der Waals surface area (Å²) in [6, 6.07) is 7.95. The average Bonchev–Trinajstić information content (AvgIpc) is 2.28. The molecule has 1 N–H and O–H groups in total. The molecule has 0 aromatic heterocycles. The average molecular weight is 254 g/mol. The third-order valence-corrected chi connectivity index (χ3v) is 3.25. The minimum atomic E-state index is 0.131. The van der Waals surface area contributed by atoms with Gasteiger partial charge in [0.1, 0.15) is 0 Å². The van der Waals surface area contributed by atoms with Gasteiger partial charge in [-0.2, -0.15) is 0 Å². The standard InChI is InChI=1S/C14H20ClNO/c1-10(2)6-13-8-16-9-14(17-13)11-4-3-5-12(15)7-11/h3-5,7,10,13-14,16H,6,8-9H2,1-2H3. The quantitative estimate of drug-likeness (QED) is 0.891. The Morgan fingerprint density at radius 1 is 1.41 bits per heavy atom. The highest BCUT2D eigenvalue weighted by molar-refractivity contribution is 6.30. The Kier molecular flexibility index (Phi) is 4.43. The third kappa shape index (κ3) is 3.70. The van der Waals surface area contributed by atoms with Gasteiger partial charge in [-0.1, -0.05) is 37.6 Å². The van der Waals surface area contributed by atoms with E-state index < -0.39 is 0 Å².